The second-order valence-electron chi connectivity index (χ2n) is 10.7. The minimum atomic E-state index is -1.23. The van der Waals surface area contributed by atoms with E-state index in [4.69, 9.17) is 0 Å². The molecular formula is C26H35FN4O2. The highest BCUT2D eigenvalue weighted by atomic mass is 19.1. The molecule has 2 aliphatic rings. The predicted octanol–water partition coefficient (Wildman–Crippen LogP) is 4.97. The number of rotatable bonds is 3. The molecule has 1 aliphatic heterocycles. The van der Waals surface area contributed by atoms with E-state index < -0.39 is 11.4 Å². The van der Waals surface area contributed by atoms with Crippen molar-refractivity contribution in [2.45, 2.75) is 96.2 Å². The van der Waals surface area contributed by atoms with Gasteiger partial charge < -0.3 is 5.32 Å². The summed E-state index contributed by atoms with van der Waals surface area (Å²) in [5.74, 6) is -1.01. The molecular weight excluding hydrogens is 419 g/mol. The van der Waals surface area contributed by atoms with Gasteiger partial charge in [-0.15, -0.1) is 0 Å². The van der Waals surface area contributed by atoms with E-state index in [9.17, 15) is 14.0 Å². The SMILES string of the molecule is CC(C)(C)c1cc2n(n1)C[C@@](C)(C(=O)NC1CCCCCCC1)N(c1cccc(F)c1)C2=O. The summed E-state index contributed by atoms with van der Waals surface area (Å²) >= 11 is 0. The molecule has 1 aliphatic carbocycles. The molecule has 0 spiro atoms. The molecule has 2 heterocycles. The van der Waals surface area contributed by atoms with Crippen molar-refractivity contribution >= 4 is 17.5 Å². The van der Waals surface area contributed by atoms with E-state index in [0.717, 1.165) is 31.4 Å². The molecule has 2 amide bonds. The maximum Gasteiger partial charge on any atom is 0.277 e. The van der Waals surface area contributed by atoms with Gasteiger partial charge in [0.25, 0.3) is 5.91 Å². The van der Waals surface area contributed by atoms with E-state index in [0.29, 0.717) is 11.4 Å². The van der Waals surface area contributed by atoms with Gasteiger partial charge >= 0.3 is 0 Å². The first-order chi connectivity index (χ1) is 15.6. The monoisotopic (exact) mass is 454 g/mol. The van der Waals surface area contributed by atoms with Crippen LogP contribution in [0.4, 0.5) is 10.1 Å². The number of halogens is 1. The highest BCUT2D eigenvalue weighted by Gasteiger charge is 2.49. The van der Waals surface area contributed by atoms with Crippen molar-refractivity contribution in [3.05, 3.63) is 47.5 Å². The Kier molecular flexibility index (Phi) is 6.34. The van der Waals surface area contributed by atoms with Gasteiger partial charge in [-0.25, -0.2) is 4.39 Å². The first-order valence-corrected chi connectivity index (χ1v) is 12.1. The molecule has 1 aromatic heterocycles. The summed E-state index contributed by atoms with van der Waals surface area (Å²) in [5, 5.41) is 7.92. The third-order valence-corrected chi connectivity index (χ3v) is 6.92. The number of amides is 2. The molecule has 7 heteroatoms. The van der Waals surface area contributed by atoms with Gasteiger partial charge in [0.05, 0.1) is 12.2 Å². The van der Waals surface area contributed by atoms with E-state index in [1.54, 1.807) is 29.8 Å². The van der Waals surface area contributed by atoms with Gasteiger partial charge in [-0.1, -0.05) is 58.9 Å². The van der Waals surface area contributed by atoms with Crippen molar-refractivity contribution < 1.29 is 14.0 Å². The fraction of sp³-hybridized carbons (Fsp3) is 0.577. The number of nitrogens with one attached hydrogen (secondary N) is 1. The number of hydrogen-bond donors (Lipinski definition) is 1. The molecule has 4 rings (SSSR count). The second kappa shape index (κ2) is 8.92. The molecule has 1 N–H and O–H groups in total. The fourth-order valence-corrected chi connectivity index (χ4v) is 4.91. The Bertz CT molecular complexity index is 1030. The number of carbonyl (C=O) groups is 2. The van der Waals surface area contributed by atoms with Crippen LogP contribution in [0.3, 0.4) is 0 Å². The van der Waals surface area contributed by atoms with Gasteiger partial charge in [-0.2, -0.15) is 5.10 Å². The summed E-state index contributed by atoms with van der Waals surface area (Å²) in [5.41, 5.74) is 0.1000. The van der Waals surface area contributed by atoms with Crippen LogP contribution in [-0.2, 0) is 16.8 Å². The molecule has 1 saturated carbocycles. The first-order valence-electron chi connectivity index (χ1n) is 12.1. The van der Waals surface area contributed by atoms with E-state index in [2.05, 4.69) is 10.4 Å². The lowest BCUT2D eigenvalue weighted by atomic mass is 9.90. The summed E-state index contributed by atoms with van der Waals surface area (Å²) < 4.78 is 15.8. The van der Waals surface area contributed by atoms with Gasteiger partial charge in [-0.3, -0.25) is 19.2 Å². The third kappa shape index (κ3) is 4.68. The van der Waals surface area contributed by atoms with Crippen molar-refractivity contribution in [3.63, 3.8) is 0 Å². The number of carbonyl (C=O) groups excluding carboxylic acids is 2. The molecule has 0 bridgehead atoms. The van der Waals surface area contributed by atoms with Crippen LogP contribution >= 0.6 is 0 Å². The summed E-state index contributed by atoms with van der Waals surface area (Å²) in [6.45, 7) is 8.08. The summed E-state index contributed by atoms with van der Waals surface area (Å²) in [7, 11) is 0. The average molecular weight is 455 g/mol. The number of anilines is 1. The number of fused-ring (bicyclic) bond motifs is 1. The highest BCUT2D eigenvalue weighted by Crippen LogP contribution is 2.35. The molecule has 178 valence electrons. The first kappa shape index (κ1) is 23.5. The number of aromatic nitrogens is 2. The Labute approximate surface area is 195 Å². The predicted molar refractivity (Wildman–Crippen MR) is 127 cm³/mol. The Balaban J connectivity index is 1.73. The highest BCUT2D eigenvalue weighted by molar-refractivity contribution is 6.11. The van der Waals surface area contributed by atoms with Gasteiger partial charge in [0.1, 0.15) is 17.1 Å². The minimum Gasteiger partial charge on any atom is -0.351 e. The van der Waals surface area contributed by atoms with Gasteiger partial charge in [0, 0.05) is 17.1 Å². The topological polar surface area (TPSA) is 67.2 Å². The largest absolute Gasteiger partial charge is 0.351 e. The van der Waals surface area contributed by atoms with Crippen molar-refractivity contribution in [2.75, 3.05) is 4.90 Å². The van der Waals surface area contributed by atoms with Crippen LogP contribution in [0.25, 0.3) is 0 Å². The molecule has 0 saturated heterocycles. The van der Waals surface area contributed by atoms with E-state index in [-0.39, 0.29) is 29.8 Å². The zero-order valence-corrected chi connectivity index (χ0v) is 20.2. The average Bonchev–Trinajstić information content (AvgIpc) is 3.14. The smallest absolute Gasteiger partial charge is 0.277 e. The Morgan fingerprint density at radius 1 is 1.12 bits per heavy atom. The second-order valence-corrected chi connectivity index (χ2v) is 10.7. The molecule has 1 atom stereocenters. The standard InChI is InChI=1S/C26H35FN4O2/c1-25(2,3)22-16-21-23(32)31(20-14-10-11-18(27)15-20)26(4,17-30(21)29-22)24(33)28-19-12-8-6-5-7-9-13-19/h10-11,14-16,19H,5-9,12-13,17H2,1-4H3,(H,28,33)/t26-/m0/s1. The van der Waals surface area contributed by atoms with Gasteiger partial charge in [0.2, 0.25) is 5.91 Å². The maximum atomic E-state index is 14.2. The molecule has 2 aromatic rings. The summed E-state index contributed by atoms with van der Waals surface area (Å²) in [6.07, 6.45) is 7.68. The molecule has 0 unspecified atom stereocenters. The van der Waals surface area contributed by atoms with Gasteiger partial charge in [-0.05, 0) is 44.0 Å². The van der Waals surface area contributed by atoms with Crippen LogP contribution in [0.1, 0.15) is 88.8 Å². The van der Waals surface area contributed by atoms with Crippen LogP contribution in [0.15, 0.2) is 30.3 Å². The van der Waals surface area contributed by atoms with E-state index in [1.165, 1.54) is 36.3 Å². The Morgan fingerprint density at radius 3 is 2.42 bits per heavy atom. The summed E-state index contributed by atoms with van der Waals surface area (Å²) in [4.78, 5) is 29.0. The van der Waals surface area contributed by atoms with Crippen LogP contribution < -0.4 is 10.2 Å². The maximum absolute atomic E-state index is 14.2. The normalized spacial score (nSPS) is 22.5. The molecule has 1 aromatic carbocycles. The van der Waals surface area contributed by atoms with Crippen LogP contribution in [0, 0.1) is 5.82 Å². The molecule has 33 heavy (non-hydrogen) atoms. The van der Waals surface area contributed by atoms with Gasteiger partial charge in [0.15, 0.2) is 0 Å². The summed E-state index contributed by atoms with van der Waals surface area (Å²) in [6, 6.07) is 7.78. The van der Waals surface area contributed by atoms with Crippen molar-refractivity contribution in [3.8, 4) is 0 Å². The van der Waals surface area contributed by atoms with Crippen molar-refractivity contribution in [1.29, 1.82) is 0 Å². The number of benzene rings is 1. The molecule has 0 radical (unpaired) electrons. The number of nitrogens with zero attached hydrogens (tertiary/aromatic N) is 3. The van der Waals surface area contributed by atoms with Crippen LogP contribution in [-0.4, -0.2) is 33.2 Å². The molecule has 1 fully saturated rings. The third-order valence-electron chi connectivity index (χ3n) is 6.92. The lowest BCUT2D eigenvalue weighted by molar-refractivity contribution is -0.127. The van der Waals surface area contributed by atoms with Crippen LogP contribution in [0.5, 0.6) is 0 Å². The zero-order chi connectivity index (χ0) is 23.8. The van der Waals surface area contributed by atoms with E-state index in [1.807, 2.05) is 20.8 Å². The van der Waals surface area contributed by atoms with Crippen LogP contribution in [0.2, 0.25) is 0 Å². The lowest BCUT2D eigenvalue weighted by Crippen LogP contribution is -2.65. The minimum absolute atomic E-state index is 0.0863. The Morgan fingerprint density at radius 2 is 1.79 bits per heavy atom. The quantitative estimate of drug-likeness (QED) is 0.712. The lowest BCUT2D eigenvalue weighted by Gasteiger charge is -2.43. The zero-order valence-electron chi connectivity index (χ0n) is 20.2. The van der Waals surface area contributed by atoms with E-state index >= 15 is 0 Å². The van der Waals surface area contributed by atoms with Crippen molar-refractivity contribution in [1.82, 2.24) is 15.1 Å². The Hall–Kier alpha value is -2.70. The van der Waals surface area contributed by atoms with Crippen molar-refractivity contribution in [2.24, 2.45) is 0 Å². The number of hydrogen-bond acceptors (Lipinski definition) is 3. The molecule has 6 nitrogen and oxygen atoms in total. The fourth-order valence-electron chi connectivity index (χ4n) is 4.91.